The van der Waals surface area contributed by atoms with Gasteiger partial charge in [0.15, 0.2) is 6.10 Å². The summed E-state index contributed by atoms with van der Waals surface area (Å²) in [5.74, 6) is -0.904. The first-order valence-electron chi connectivity index (χ1n) is 11.4. The summed E-state index contributed by atoms with van der Waals surface area (Å²) in [6.45, 7) is 6.83. The summed E-state index contributed by atoms with van der Waals surface area (Å²) in [5.41, 5.74) is 0.776. The highest BCUT2D eigenvalue weighted by molar-refractivity contribution is 5.89. The first-order valence-corrected chi connectivity index (χ1v) is 11.4. The van der Waals surface area contributed by atoms with E-state index in [0.717, 1.165) is 18.4 Å². The molecule has 8 nitrogen and oxygen atoms in total. The molecule has 0 spiro atoms. The number of methoxy groups -OCH3 is 1. The number of likely N-dealkylation sites (tertiary alicyclic amines) is 1. The maximum atomic E-state index is 13.1. The van der Waals surface area contributed by atoms with Gasteiger partial charge in [-0.1, -0.05) is 63.3 Å². The summed E-state index contributed by atoms with van der Waals surface area (Å²) >= 11 is 0. The predicted octanol–water partition coefficient (Wildman–Crippen LogP) is 1.38. The highest BCUT2D eigenvalue weighted by atomic mass is 16.5. The highest BCUT2D eigenvalue weighted by Crippen LogP contribution is 2.18. The molecule has 0 radical (unpaired) electrons. The van der Waals surface area contributed by atoms with Gasteiger partial charge >= 0.3 is 0 Å². The van der Waals surface area contributed by atoms with Gasteiger partial charge in [-0.15, -0.1) is 0 Å². The summed E-state index contributed by atoms with van der Waals surface area (Å²) in [7, 11) is 1.23. The van der Waals surface area contributed by atoms with E-state index in [0.29, 0.717) is 19.5 Å². The third-order valence-corrected chi connectivity index (χ3v) is 5.63. The number of carbonyl (C=O) groups excluding carboxylic acids is 2. The van der Waals surface area contributed by atoms with Gasteiger partial charge in [0, 0.05) is 20.2 Å². The predicted molar refractivity (Wildman–Crippen MR) is 125 cm³/mol. The van der Waals surface area contributed by atoms with Gasteiger partial charge < -0.3 is 30.3 Å². The maximum Gasteiger partial charge on any atom is 0.252 e. The largest absolute Gasteiger partial charge is 0.387 e. The van der Waals surface area contributed by atoms with Gasteiger partial charge in [0.1, 0.15) is 24.4 Å². The minimum absolute atomic E-state index is 0.192. The number of ether oxygens (including phenoxy) is 1. The highest BCUT2D eigenvalue weighted by Gasteiger charge is 2.37. The van der Waals surface area contributed by atoms with Crippen molar-refractivity contribution in [3.63, 3.8) is 0 Å². The Morgan fingerprint density at radius 2 is 1.85 bits per heavy atom. The zero-order valence-corrected chi connectivity index (χ0v) is 20.0. The molecule has 1 saturated heterocycles. The number of benzene rings is 1. The zero-order chi connectivity index (χ0) is 24.6. The van der Waals surface area contributed by atoms with Crippen molar-refractivity contribution in [2.45, 2.75) is 77.0 Å². The molecular weight excluding hydrogens is 424 g/mol. The summed E-state index contributed by atoms with van der Waals surface area (Å²) < 4.78 is 5.14. The van der Waals surface area contributed by atoms with Crippen LogP contribution in [0.15, 0.2) is 42.5 Å². The summed E-state index contributed by atoms with van der Waals surface area (Å²) in [6, 6.07) is 8.89. The molecule has 0 bridgehead atoms. The number of hydrogen-bond donors (Lipinski definition) is 4. The quantitative estimate of drug-likeness (QED) is 0.412. The molecule has 1 fully saturated rings. The van der Waals surface area contributed by atoms with E-state index in [2.05, 4.69) is 5.32 Å². The van der Waals surface area contributed by atoms with E-state index in [4.69, 9.17) is 4.74 Å². The zero-order valence-electron chi connectivity index (χ0n) is 20.0. The molecule has 1 aromatic carbocycles. The van der Waals surface area contributed by atoms with Crippen LogP contribution in [0.1, 0.15) is 45.6 Å². The Labute approximate surface area is 196 Å². The summed E-state index contributed by atoms with van der Waals surface area (Å²) in [6.07, 6.45) is -0.998. The van der Waals surface area contributed by atoms with Crippen LogP contribution in [0.3, 0.4) is 0 Å². The molecule has 1 aliphatic heterocycles. The van der Waals surface area contributed by atoms with Crippen molar-refractivity contribution in [1.29, 1.82) is 0 Å². The fourth-order valence-corrected chi connectivity index (χ4v) is 3.74. The molecule has 1 heterocycles. The Morgan fingerprint density at radius 1 is 1.18 bits per heavy atom. The van der Waals surface area contributed by atoms with Crippen molar-refractivity contribution in [2.75, 3.05) is 13.7 Å². The standard InChI is InChI=1S/C25H38N2O6/c1-25(2,3)14-13-19(28)20(29)21(30)22(33-4)23(31)26-18-12-8-9-15-27(24(18)32)16-17-10-6-5-7-11-17/h5-7,10-11,13-14,18-22,28-30H,8-9,12,15-16H2,1-4H3,(H,26,31)/b14-13+/t18?,19-,20+,21-,22-/m1/s1. The molecule has 1 aromatic rings. The van der Waals surface area contributed by atoms with Crippen molar-refractivity contribution in [3.8, 4) is 0 Å². The van der Waals surface area contributed by atoms with Gasteiger partial charge in [-0.2, -0.15) is 0 Å². The van der Waals surface area contributed by atoms with Crippen LogP contribution in [0.2, 0.25) is 0 Å². The molecule has 1 aliphatic rings. The first-order chi connectivity index (χ1) is 15.5. The number of rotatable bonds is 9. The van der Waals surface area contributed by atoms with Crippen molar-refractivity contribution in [2.24, 2.45) is 5.41 Å². The molecule has 4 N–H and O–H groups in total. The second-order valence-corrected chi connectivity index (χ2v) is 9.66. The van der Waals surface area contributed by atoms with E-state index < -0.39 is 36.4 Å². The second-order valence-electron chi connectivity index (χ2n) is 9.66. The number of aliphatic hydroxyl groups excluding tert-OH is 3. The minimum atomic E-state index is -1.68. The fourth-order valence-electron chi connectivity index (χ4n) is 3.74. The van der Waals surface area contributed by atoms with Gasteiger partial charge in [-0.3, -0.25) is 9.59 Å². The van der Waals surface area contributed by atoms with E-state index >= 15 is 0 Å². The lowest BCUT2D eigenvalue weighted by atomic mass is 9.94. The fraction of sp³-hybridized carbons (Fsp3) is 0.600. The Bertz CT molecular complexity index is 792. The minimum Gasteiger partial charge on any atom is -0.387 e. The third kappa shape index (κ3) is 8.23. The van der Waals surface area contributed by atoms with Crippen LogP contribution in [0, 0.1) is 5.41 Å². The number of nitrogens with one attached hydrogen (secondary N) is 1. The average molecular weight is 463 g/mol. The third-order valence-electron chi connectivity index (χ3n) is 5.63. The molecule has 8 heteroatoms. The molecule has 1 unspecified atom stereocenters. The Balaban J connectivity index is 2.05. The topological polar surface area (TPSA) is 119 Å². The maximum absolute atomic E-state index is 13.1. The molecule has 0 saturated carbocycles. The number of allylic oxidation sites excluding steroid dienone is 1. The van der Waals surface area contributed by atoms with E-state index in [1.165, 1.54) is 13.2 Å². The van der Waals surface area contributed by atoms with Gasteiger partial charge in [-0.25, -0.2) is 0 Å². The van der Waals surface area contributed by atoms with E-state index in [1.54, 1.807) is 11.0 Å². The molecule has 184 valence electrons. The normalized spacial score (nSPS) is 21.4. The van der Waals surface area contributed by atoms with Crippen LogP contribution in [0.4, 0.5) is 0 Å². The molecule has 0 aliphatic carbocycles. The lowest BCUT2D eigenvalue weighted by molar-refractivity contribution is -0.151. The Morgan fingerprint density at radius 3 is 2.45 bits per heavy atom. The van der Waals surface area contributed by atoms with Gasteiger partial charge in [-0.05, 0) is 30.2 Å². The lowest BCUT2D eigenvalue weighted by Gasteiger charge is -2.29. The summed E-state index contributed by atoms with van der Waals surface area (Å²) in [4.78, 5) is 27.7. The van der Waals surface area contributed by atoms with Crippen LogP contribution in [0.5, 0.6) is 0 Å². The molecular formula is C25H38N2O6. The lowest BCUT2D eigenvalue weighted by Crippen LogP contribution is -2.55. The van der Waals surface area contributed by atoms with Crippen molar-refractivity contribution in [3.05, 3.63) is 48.0 Å². The SMILES string of the molecule is CO[C@@H](C(=O)NC1CCCCN(Cc2ccccc2)C1=O)[C@H](O)[C@@H](O)[C@H](O)/C=C/C(C)(C)C. The number of aliphatic hydroxyl groups is 3. The number of hydrogen-bond acceptors (Lipinski definition) is 6. The monoisotopic (exact) mass is 462 g/mol. The Hall–Kier alpha value is -2.26. The van der Waals surface area contributed by atoms with Crippen LogP contribution >= 0.6 is 0 Å². The van der Waals surface area contributed by atoms with Crippen LogP contribution in [-0.2, 0) is 20.9 Å². The number of amides is 2. The Kier molecular flexibility index (Phi) is 10.0. The van der Waals surface area contributed by atoms with Crippen molar-refractivity contribution in [1.82, 2.24) is 10.2 Å². The van der Waals surface area contributed by atoms with Crippen LogP contribution < -0.4 is 5.32 Å². The van der Waals surface area contributed by atoms with Crippen molar-refractivity contribution < 1.29 is 29.6 Å². The van der Waals surface area contributed by atoms with Crippen LogP contribution in [-0.4, -0.2) is 76.1 Å². The van der Waals surface area contributed by atoms with E-state index in [-0.39, 0.29) is 11.3 Å². The first kappa shape index (κ1) is 27.0. The number of nitrogens with zero attached hydrogens (tertiary/aromatic N) is 1. The smallest absolute Gasteiger partial charge is 0.252 e. The van der Waals surface area contributed by atoms with E-state index in [9.17, 15) is 24.9 Å². The average Bonchev–Trinajstić information content (AvgIpc) is 2.93. The molecule has 2 amide bonds. The van der Waals surface area contributed by atoms with Crippen LogP contribution in [0.25, 0.3) is 0 Å². The number of carbonyl (C=O) groups is 2. The molecule has 2 rings (SSSR count). The summed E-state index contributed by atoms with van der Waals surface area (Å²) in [5, 5.41) is 33.8. The van der Waals surface area contributed by atoms with E-state index in [1.807, 2.05) is 51.1 Å². The van der Waals surface area contributed by atoms with Crippen molar-refractivity contribution >= 4 is 11.8 Å². The van der Waals surface area contributed by atoms with Gasteiger partial charge in [0.05, 0.1) is 0 Å². The second kappa shape index (κ2) is 12.3. The molecule has 0 aromatic heterocycles. The molecule has 33 heavy (non-hydrogen) atoms. The van der Waals surface area contributed by atoms with Gasteiger partial charge in [0.25, 0.3) is 5.91 Å². The van der Waals surface area contributed by atoms with Gasteiger partial charge in [0.2, 0.25) is 5.91 Å². The molecule has 5 atom stereocenters.